The molecule has 0 aliphatic carbocycles. The van der Waals surface area contributed by atoms with Gasteiger partial charge in [-0.15, -0.1) is 11.3 Å². The van der Waals surface area contributed by atoms with Gasteiger partial charge in [0.25, 0.3) is 0 Å². The van der Waals surface area contributed by atoms with Gasteiger partial charge in [0, 0.05) is 18.0 Å². The van der Waals surface area contributed by atoms with Gasteiger partial charge in [-0.1, -0.05) is 38.1 Å². The number of carbonyl (C=O) groups is 2. The van der Waals surface area contributed by atoms with Gasteiger partial charge in [-0.05, 0) is 64.7 Å². The maximum atomic E-state index is 13.6. The third kappa shape index (κ3) is 5.53. The standard InChI is InChI=1S/C27H28F2N2O2S/c1-18(2)16-30(25(32)15-19-3-7-21(28)8-4-19)17-26(33)31-13-11-24-23(12-14-34-24)27(31)20-5-9-22(29)10-6-20/h3-10,12,14,18,27H,11,13,15-17H2,1-2H3. The number of carbonyl (C=O) groups excluding carboxylic acids is 2. The normalized spacial score (nSPS) is 15.3. The van der Waals surface area contributed by atoms with Crippen molar-refractivity contribution in [3.05, 3.63) is 93.2 Å². The van der Waals surface area contributed by atoms with Gasteiger partial charge < -0.3 is 9.80 Å². The summed E-state index contributed by atoms with van der Waals surface area (Å²) in [5.74, 6) is -0.796. The van der Waals surface area contributed by atoms with E-state index in [4.69, 9.17) is 0 Å². The second kappa shape index (κ2) is 10.5. The molecule has 1 aliphatic heterocycles. The summed E-state index contributed by atoms with van der Waals surface area (Å²) >= 11 is 1.67. The van der Waals surface area contributed by atoms with Gasteiger partial charge in [-0.2, -0.15) is 0 Å². The Morgan fingerprint density at radius 3 is 2.32 bits per heavy atom. The first kappa shape index (κ1) is 24.1. The fourth-order valence-corrected chi connectivity index (χ4v) is 5.33. The summed E-state index contributed by atoms with van der Waals surface area (Å²) in [7, 11) is 0. The average Bonchev–Trinajstić information content (AvgIpc) is 3.29. The van der Waals surface area contributed by atoms with E-state index in [1.165, 1.54) is 29.1 Å². The third-order valence-corrected chi connectivity index (χ3v) is 7.00. The lowest BCUT2D eigenvalue weighted by atomic mass is 9.93. The highest BCUT2D eigenvalue weighted by Crippen LogP contribution is 2.38. The van der Waals surface area contributed by atoms with E-state index in [-0.39, 0.29) is 48.4 Å². The third-order valence-electron chi connectivity index (χ3n) is 6.00. The molecule has 0 spiro atoms. The van der Waals surface area contributed by atoms with Crippen molar-refractivity contribution in [2.45, 2.75) is 32.7 Å². The number of amides is 2. The van der Waals surface area contributed by atoms with Crippen molar-refractivity contribution in [2.75, 3.05) is 19.6 Å². The van der Waals surface area contributed by atoms with Crippen LogP contribution in [-0.2, 0) is 22.4 Å². The molecule has 2 heterocycles. The summed E-state index contributed by atoms with van der Waals surface area (Å²) in [5.41, 5.74) is 2.61. The molecule has 0 N–H and O–H groups in total. The first-order valence-corrected chi connectivity index (χ1v) is 12.3. The highest BCUT2D eigenvalue weighted by Gasteiger charge is 2.34. The minimum atomic E-state index is -0.352. The molecule has 34 heavy (non-hydrogen) atoms. The van der Waals surface area contributed by atoms with E-state index in [2.05, 4.69) is 0 Å². The Hall–Kier alpha value is -3.06. The molecule has 2 amide bonds. The van der Waals surface area contributed by atoms with Crippen LogP contribution in [0.4, 0.5) is 8.78 Å². The van der Waals surface area contributed by atoms with Crippen molar-refractivity contribution in [3.63, 3.8) is 0 Å². The van der Waals surface area contributed by atoms with Crippen molar-refractivity contribution in [1.29, 1.82) is 0 Å². The molecule has 0 saturated heterocycles. The molecule has 3 aromatic rings. The van der Waals surface area contributed by atoms with Crippen LogP contribution >= 0.6 is 11.3 Å². The van der Waals surface area contributed by atoms with Gasteiger partial charge >= 0.3 is 0 Å². The Bertz CT molecular complexity index is 1140. The molecule has 1 atom stereocenters. The van der Waals surface area contributed by atoms with Gasteiger partial charge in [0.2, 0.25) is 11.8 Å². The van der Waals surface area contributed by atoms with Crippen LogP contribution in [0.3, 0.4) is 0 Å². The number of rotatable bonds is 7. The van der Waals surface area contributed by atoms with Crippen molar-refractivity contribution < 1.29 is 18.4 Å². The first-order valence-electron chi connectivity index (χ1n) is 11.4. The van der Waals surface area contributed by atoms with Crippen LogP contribution in [-0.4, -0.2) is 41.2 Å². The number of hydrogen-bond donors (Lipinski definition) is 0. The number of nitrogens with zero attached hydrogens (tertiary/aromatic N) is 2. The molecule has 1 aliphatic rings. The van der Waals surface area contributed by atoms with Gasteiger partial charge in [-0.3, -0.25) is 9.59 Å². The van der Waals surface area contributed by atoms with E-state index in [1.54, 1.807) is 45.4 Å². The topological polar surface area (TPSA) is 40.6 Å². The quantitative estimate of drug-likeness (QED) is 0.463. The molecule has 1 unspecified atom stereocenters. The number of thiophene rings is 1. The smallest absolute Gasteiger partial charge is 0.242 e. The van der Waals surface area contributed by atoms with Crippen LogP contribution < -0.4 is 0 Å². The zero-order valence-corrected chi connectivity index (χ0v) is 20.2. The summed E-state index contributed by atoms with van der Waals surface area (Å²) in [4.78, 5) is 31.3. The predicted octanol–water partition coefficient (Wildman–Crippen LogP) is 5.23. The zero-order valence-electron chi connectivity index (χ0n) is 19.3. The molecule has 7 heteroatoms. The Labute approximate surface area is 202 Å². The van der Waals surface area contributed by atoms with Crippen molar-refractivity contribution >= 4 is 23.2 Å². The second-order valence-corrected chi connectivity index (χ2v) is 10.1. The Kier molecular flexibility index (Phi) is 7.41. The van der Waals surface area contributed by atoms with Crippen molar-refractivity contribution in [3.8, 4) is 0 Å². The molecule has 4 rings (SSSR count). The largest absolute Gasteiger partial charge is 0.333 e. The number of benzene rings is 2. The maximum absolute atomic E-state index is 13.6. The first-order chi connectivity index (χ1) is 16.3. The maximum Gasteiger partial charge on any atom is 0.242 e. The Balaban J connectivity index is 1.56. The molecule has 178 valence electrons. The molecule has 0 saturated carbocycles. The molecular weight excluding hydrogens is 454 g/mol. The molecule has 0 fully saturated rings. The Morgan fingerprint density at radius 2 is 1.68 bits per heavy atom. The van der Waals surface area contributed by atoms with Gasteiger partial charge in [0.1, 0.15) is 11.6 Å². The lowest BCUT2D eigenvalue weighted by Gasteiger charge is -2.38. The summed E-state index contributed by atoms with van der Waals surface area (Å²) in [6.07, 6.45) is 0.862. The molecule has 4 nitrogen and oxygen atoms in total. The van der Waals surface area contributed by atoms with Crippen LogP contribution in [0, 0.1) is 17.6 Å². The van der Waals surface area contributed by atoms with E-state index in [0.717, 1.165) is 17.5 Å². The summed E-state index contributed by atoms with van der Waals surface area (Å²) < 4.78 is 26.8. The fourth-order valence-electron chi connectivity index (χ4n) is 4.43. The number of halogens is 2. The van der Waals surface area contributed by atoms with Gasteiger partial charge in [-0.25, -0.2) is 8.78 Å². The molecule has 2 aromatic carbocycles. The molecule has 0 radical (unpaired) electrons. The predicted molar refractivity (Wildman–Crippen MR) is 130 cm³/mol. The van der Waals surface area contributed by atoms with E-state index >= 15 is 0 Å². The lowest BCUT2D eigenvalue weighted by Crippen LogP contribution is -2.47. The summed E-state index contributed by atoms with van der Waals surface area (Å²) in [5, 5.41) is 2.02. The average molecular weight is 483 g/mol. The minimum absolute atomic E-state index is 0.0324. The monoisotopic (exact) mass is 482 g/mol. The summed E-state index contributed by atoms with van der Waals surface area (Å²) in [6, 6.07) is 13.8. The second-order valence-electron chi connectivity index (χ2n) is 9.06. The van der Waals surface area contributed by atoms with Crippen LogP contribution in [0.1, 0.15) is 41.5 Å². The van der Waals surface area contributed by atoms with Crippen LogP contribution in [0.5, 0.6) is 0 Å². The van der Waals surface area contributed by atoms with E-state index in [9.17, 15) is 18.4 Å². The van der Waals surface area contributed by atoms with Crippen LogP contribution in [0.25, 0.3) is 0 Å². The lowest BCUT2D eigenvalue weighted by molar-refractivity contribution is -0.141. The fraction of sp³-hybridized carbons (Fsp3) is 0.333. The Morgan fingerprint density at radius 1 is 1.03 bits per heavy atom. The van der Waals surface area contributed by atoms with E-state index in [1.807, 2.05) is 25.3 Å². The van der Waals surface area contributed by atoms with E-state index in [0.29, 0.717) is 18.7 Å². The zero-order chi connectivity index (χ0) is 24.2. The van der Waals surface area contributed by atoms with Gasteiger partial charge in [0.05, 0.1) is 19.0 Å². The summed E-state index contributed by atoms with van der Waals surface area (Å²) in [6.45, 7) is 4.96. The number of fused-ring (bicyclic) bond motifs is 1. The van der Waals surface area contributed by atoms with Gasteiger partial charge in [0.15, 0.2) is 0 Å². The van der Waals surface area contributed by atoms with Crippen molar-refractivity contribution in [1.82, 2.24) is 9.80 Å². The highest BCUT2D eigenvalue weighted by atomic mass is 32.1. The number of hydrogen-bond acceptors (Lipinski definition) is 3. The molecule has 0 bridgehead atoms. The van der Waals surface area contributed by atoms with Crippen LogP contribution in [0.2, 0.25) is 0 Å². The molecular formula is C27H28F2N2O2S. The van der Waals surface area contributed by atoms with Crippen molar-refractivity contribution in [2.24, 2.45) is 5.92 Å². The highest BCUT2D eigenvalue weighted by molar-refractivity contribution is 7.10. The van der Waals surface area contributed by atoms with Crippen LogP contribution in [0.15, 0.2) is 60.0 Å². The minimum Gasteiger partial charge on any atom is -0.333 e. The SMILES string of the molecule is CC(C)CN(CC(=O)N1CCc2sccc2C1c1ccc(F)cc1)C(=O)Cc1ccc(F)cc1. The molecule has 1 aromatic heterocycles. The van der Waals surface area contributed by atoms with E-state index < -0.39 is 0 Å².